The van der Waals surface area contributed by atoms with Gasteiger partial charge >= 0.3 is 0 Å². The predicted molar refractivity (Wildman–Crippen MR) is 129 cm³/mol. The molecule has 0 fully saturated rings. The Labute approximate surface area is 191 Å². The van der Waals surface area contributed by atoms with E-state index in [1.807, 2.05) is 64.1 Å². The molecule has 2 aromatic rings. The van der Waals surface area contributed by atoms with Crippen LogP contribution >= 0.6 is 0 Å². The Morgan fingerprint density at radius 3 is 2.28 bits per heavy atom. The van der Waals surface area contributed by atoms with Crippen molar-refractivity contribution in [3.8, 4) is 0 Å². The van der Waals surface area contributed by atoms with E-state index in [-0.39, 0.29) is 11.8 Å². The van der Waals surface area contributed by atoms with E-state index < -0.39 is 0 Å². The van der Waals surface area contributed by atoms with Gasteiger partial charge in [0, 0.05) is 25.4 Å². The second-order valence-electron chi connectivity index (χ2n) is 8.57. The van der Waals surface area contributed by atoms with Crippen LogP contribution in [0.5, 0.6) is 0 Å². The molecule has 1 N–H and O–H groups in total. The van der Waals surface area contributed by atoms with Gasteiger partial charge in [-0.3, -0.25) is 14.5 Å². The summed E-state index contributed by atoms with van der Waals surface area (Å²) in [6.07, 6.45) is 2.72. The number of nitrogens with zero attached hydrogens (tertiary/aromatic N) is 1. The van der Waals surface area contributed by atoms with Crippen molar-refractivity contribution in [3.63, 3.8) is 0 Å². The van der Waals surface area contributed by atoms with E-state index in [0.717, 1.165) is 46.3 Å². The molecule has 0 saturated carbocycles. The van der Waals surface area contributed by atoms with Gasteiger partial charge in [-0.1, -0.05) is 43.7 Å². The van der Waals surface area contributed by atoms with Crippen LogP contribution in [0.25, 0.3) is 5.57 Å². The van der Waals surface area contributed by atoms with Gasteiger partial charge in [0.1, 0.15) is 5.70 Å². The summed E-state index contributed by atoms with van der Waals surface area (Å²) in [6.45, 7) is 11.8. The molecular weight excluding hydrogens is 400 g/mol. The molecule has 0 atom stereocenters. The molecule has 0 radical (unpaired) electrons. The lowest BCUT2D eigenvalue weighted by Crippen LogP contribution is -2.34. The summed E-state index contributed by atoms with van der Waals surface area (Å²) < 4.78 is 5.62. The van der Waals surface area contributed by atoms with Crippen LogP contribution in [0.1, 0.15) is 54.0 Å². The number of carbonyl (C=O) groups excluding carboxylic acids is 2. The highest BCUT2D eigenvalue weighted by molar-refractivity contribution is 6.36. The fourth-order valence-corrected chi connectivity index (χ4v) is 3.74. The number of carbonyl (C=O) groups is 2. The summed E-state index contributed by atoms with van der Waals surface area (Å²) in [7, 11) is 0. The lowest BCUT2D eigenvalue weighted by Gasteiger charge is -2.16. The lowest BCUT2D eigenvalue weighted by atomic mass is 9.99. The molecule has 1 aliphatic heterocycles. The maximum Gasteiger partial charge on any atom is 0.278 e. The molecule has 0 aliphatic carbocycles. The van der Waals surface area contributed by atoms with Gasteiger partial charge in [0.05, 0.1) is 5.57 Å². The number of rotatable bonds is 10. The van der Waals surface area contributed by atoms with E-state index in [1.165, 1.54) is 4.90 Å². The van der Waals surface area contributed by atoms with Crippen LogP contribution in [0.3, 0.4) is 0 Å². The Bertz CT molecular complexity index is 1040. The summed E-state index contributed by atoms with van der Waals surface area (Å²) >= 11 is 0. The zero-order valence-electron chi connectivity index (χ0n) is 19.9. The Kier molecular flexibility index (Phi) is 7.86. The van der Waals surface area contributed by atoms with Crippen LogP contribution in [0, 0.1) is 27.7 Å². The van der Waals surface area contributed by atoms with E-state index >= 15 is 0 Å². The minimum Gasteiger partial charge on any atom is -0.381 e. The molecule has 5 nitrogen and oxygen atoms in total. The molecule has 170 valence electrons. The summed E-state index contributed by atoms with van der Waals surface area (Å²) in [4.78, 5) is 28.1. The van der Waals surface area contributed by atoms with Gasteiger partial charge in [-0.05, 0) is 74.4 Å². The van der Waals surface area contributed by atoms with E-state index in [1.54, 1.807) is 0 Å². The Morgan fingerprint density at radius 1 is 0.844 bits per heavy atom. The highest BCUT2D eigenvalue weighted by Crippen LogP contribution is 2.32. The van der Waals surface area contributed by atoms with Crippen molar-refractivity contribution in [3.05, 3.63) is 69.9 Å². The molecule has 2 amide bonds. The third-order valence-corrected chi connectivity index (χ3v) is 5.93. The van der Waals surface area contributed by atoms with Crippen LogP contribution in [0.15, 0.2) is 42.1 Å². The highest BCUT2D eigenvalue weighted by atomic mass is 16.5. The lowest BCUT2D eigenvalue weighted by molar-refractivity contribution is -0.137. The third kappa shape index (κ3) is 5.28. The summed E-state index contributed by atoms with van der Waals surface area (Å²) in [5, 5.41) is 3.30. The van der Waals surface area contributed by atoms with Crippen molar-refractivity contribution in [1.29, 1.82) is 0 Å². The van der Waals surface area contributed by atoms with Gasteiger partial charge in [-0.25, -0.2) is 0 Å². The Balaban J connectivity index is 1.90. The molecule has 1 heterocycles. The Morgan fingerprint density at radius 2 is 1.56 bits per heavy atom. The van der Waals surface area contributed by atoms with Crippen molar-refractivity contribution in [2.24, 2.45) is 0 Å². The van der Waals surface area contributed by atoms with E-state index in [9.17, 15) is 9.59 Å². The van der Waals surface area contributed by atoms with Crippen molar-refractivity contribution in [2.45, 2.75) is 53.9 Å². The van der Waals surface area contributed by atoms with Crippen LogP contribution in [-0.4, -0.2) is 36.5 Å². The SMILES string of the molecule is CCCCOCCCN1C(=O)C(Nc2cc(C)ccc2C)=C(c2ccc(C)c(C)c2)C1=O. The first kappa shape index (κ1) is 23.7. The number of anilines is 1. The van der Waals surface area contributed by atoms with Crippen LogP contribution in [0.2, 0.25) is 0 Å². The normalized spacial score (nSPS) is 14.0. The van der Waals surface area contributed by atoms with Crippen LogP contribution < -0.4 is 5.32 Å². The van der Waals surface area contributed by atoms with E-state index in [2.05, 4.69) is 12.2 Å². The molecule has 0 spiro atoms. The highest BCUT2D eigenvalue weighted by Gasteiger charge is 2.39. The van der Waals surface area contributed by atoms with Gasteiger partial charge in [0.25, 0.3) is 11.8 Å². The number of ether oxygens (including phenoxy) is 1. The maximum atomic E-state index is 13.4. The molecule has 5 heteroatoms. The molecule has 0 unspecified atom stereocenters. The van der Waals surface area contributed by atoms with Gasteiger partial charge < -0.3 is 10.1 Å². The monoisotopic (exact) mass is 434 g/mol. The molecular formula is C27H34N2O3. The number of nitrogens with one attached hydrogen (secondary N) is 1. The number of amides is 2. The molecule has 0 aromatic heterocycles. The largest absolute Gasteiger partial charge is 0.381 e. The summed E-state index contributed by atoms with van der Waals surface area (Å²) in [5.74, 6) is -0.530. The van der Waals surface area contributed by atoms with E-state index in [4.69, 9.17) is 4.74 Å². The first-order valence-corrected chi connectivity index (χ1v) is 11.4. The van der Waals surface area contributed by atoms with E-state index in [0.29, 0.717) is 37.4 Å². The van der Waals surface area contributed by atoms with Crippen molar-refractivity contribution >= 4 is 23.1 Å². The smallest absolute Gasteiger partial charge is 0.278 e. The van der Waals surface area contributed by atoms with Crippen LogP contribution in [-0.2, 0) is 14.3 Å². The number of unbranched alkanes of at least 4 members (excludes halogenated alkanes) is 1. The van der Waals surface area contributed by atoms with Crippen LogP contribution in [0.4, 0.5) is 5.69 Å². The number of aryl methyl sites for hydroxylation is 4. The Hall–Kier alpha value is -2.92. The number of hydrogen-bond acceptors (Lipinski definition) is 4. The van der Waals surface area contributed by atoms with Crippen molar-refractivity contribution in [2.75, 3.05) is 25.1 Å². The second-order valence-corrected chi connectivity index (χ2v) is 8.57. The fourth-order valence-electron chi connectivity index (χ4n) is 3.74. The van der Waals surface area contributed by atoms with Crippen molar-refractivity contribution < 1.29 is 14.3 Å². The standard InChI is InChI=1S/C27H34N2O3/c1-6-7-14-32-15-8-13-29-26(30)24(22-12-11-19(3)21(5)17-22)25(27(29)31)28-23-16-18(2)9-10-20(23)4/h9-12,16-17,28H,6-8,13-15H2,1-5H3. The predicted octanol–water partition coefficient (Wildman–Crippen LogP) is 5.32. The summed E-state index contributed by atoms with van der Waals surface area (Å²) in [5.41, 5.74) is 6.73. The average molecular weight is 435 g/mol. The van der Waals surface area contributed by atoms with Gasteiger partial charge in [0.2, 0.25) is 0 Å². The molecule has 2 aromatic carbocycles. The number of benzene rings is 2. The molecule has 32 heavy (non-hydrogen) atoms. The zero-order chi connectivity index (χ0) is 23.3. The summed E-state index contributed by atoms with van der Waals surface area (Å²) in [6, 6.07) is 12.0. The topological polar surface area (TPSA) is 58.6 Å². The van der Waals surface area contributed by atoms with Gasteiger partial charge in [-0.15, -0.1) is 0 Å². The second kappa shape index (κ2) is 10.6. The molecule has 0 saturated heterocycles. The average Bonchev–Trinajstić information content (AvgIpc) is 2.99. The number of imide groups is 1. The maximum absolute atomic E-state index is 13.4. The first-order valence-electron chi connectivity index (χ1n) is 11.4. The molecule has 1 aliphatic rings. The minimum atomic E-state index is -0.280. The fraction of sp³-hybridized carbons (Fsp3) is 0.407. The van der Waals surface area contributed by atoms with Crippen molar-refractivity contribution in [1.82, 2.24) is 4.90 Å². The molecule has 3 rings (SSSR count). The van der Waals surface area contributed by atoms with Gasteiger partial charge in [0.15, 0.2) is 0 Å². The first-order chi connectivity index (χ1) is 15.3. The minimum absolute atomic E-state index is 0.250. The third-order valence-electron chi connectivity index (χ3n) is 5.93. The quantitative estimate of drug-likeness (QED) is 0.406. The number of hydrogen-bond donors (Lipinski definition) is 1. The molecule has 0 bridgehead atoms. The zero-order valence-corrected chi connectivity index (χ0v) is 19.9. The van der Waals surface area contributed by atoms with Gasteiger partial charge in [-0.2, -0.15) is 0 Å².